The first-order chi connectivity index (χ1) is 15.5. The van der Waals surface area contributed by atoms with Crippen LogP contribution in [0.2, 0.25) is 0 Å². The van der Waals surface area contributed by atoms with Crippen LogP contribution >= 0.6 is 11.3 Å². The average Bonchev–Trinajstić information content (AvgIpc) is 3.23. The van der Waals surface area contributed by atoms with Crippen molar-refractivity contribution in [1.29, 1.82) is 0 Å². The number of aromatic nitrogens is 1. The summed E-state index contributed by atoms with van der Waals surface area (Å²) < 4.78 is 5.48. The van der Waals surface area contributed by atoms with Crippen molar-refractivity contribution in [2.24, 2.45) is 0 Å². The van der Waals surface area contributed by atoms with Crippen molar-refractivity contribution >= 4 is 28.2 Å². The Bertz CT molecular complexity index is 1220. The second-order valence-corrected chi connectivity index (χ2v) is 8.32. The first-order valence-electron chi connectivity index (χ1n) is 10.2. The fraction of sp³-hybridized carbons (Fsp3) is 0.115. The molecule has 0 unspecified atom stereocenters. The van der Waals surface area contributed by atoms with E-state index >= 15 is 0 Å². The smallest absolute Gasteiger partial charge is 0.342 e. The SMILES string of the molecule is CC(C)OC(=O)c1c(-c2ccc(-c3ccccc3)cc2)csc1NC(=O)c1ccncc1. The maximum atomic E-state index is 13.0. The molecule has 2 aromatic carbocycles. The van der Waals surface area contributed by atoms with Gasteiger partial charge in [0.25, 0.3) is 5.91 Å². The van der Waals surface area contributed by atoms with Gasteiger partial charge in [0.05, 0.1) is 6.10 Å². The number of benzene rings is 2. The zero-order valence-corrected chi connectivity index (χ0v) is 18.6. The number of carbonyl (C=O) groups excluding carboxylic acids is 2. The molecule has 2 aromatic heterocycles. The number of hydrogen-bond acceptors (Lipinski definition) is 5. The number of hydrogen-bond donors (Lipinski definition) is 1. The Morgan fingerprint density at radius 2 is 1.50 bits per heavy atom. The highest BCUT2D eigenvalue weighted by Gasteiger charge is 2.24. The summed E-state index contributed by atoms with van der Waals surface area (Å²) in [5.74, 6) is -0.771. The third-order valence-electron chi connectivity index (χ3n) is 4.81. The van der Waals surface area contributed by atoms with Gasteiger partial charge in [-0.15, -0.1) is 11.3 Å². The summed E-state index contributed by atoms with van der Waals surface area (Å²) in [5, 5.41) is 5.19. The van der Waals surface area contributed by atoms with E-state index in [1.165, 1.54) is 11.3 Å². The molecule has 0 aliphatic carbocycles. The van der Waals surface area contributed by atoms with Crippen LogP contribution in [0.3, 0.4) is 0 Å². The molecular weight excluding hydrogens is 420 g/mol. The van der Waals surface area contributed by atoms with Gasteiger partial charge in [-0.1, -0.05) is 54.6 Å². The van der Waals surface area contributed by atoms with Gasteiger partial charge in [-0.25, -0.2) is 4.79 Å². The van der Waals surface area contributed by atoms with Gasteiger partial charge in [0.2, 0.25) is 0 Å². The van der Waals surface area contributed by atoms with Crippen LogP contribution in [0.1, 0.15) is 34.6 Å². The number of pyridine rings is 1. The molecule has 0 spiro atoms. The molecule has 1 N–H and O–H groups in total. The summed E-state index contributed by atoms with van der Waals surface area (Å²) in [7, 11) is 0. The van der Waals surface area contributed by atoms with Crippen molar-refractivity contribution in [2.45, 2.75) is 20.0 Å². The second kappa shape index (κ2) is 9.58. The Hall–Kier alpha value is -3.77. The van der Waals surface area contributed by atoms with Crippen LogP contribution < -0.4 is 5.32 Å². The van der Waals surface area contributed by atoms with Crippen LogP contribution in [0.15, 0.2) is 84.5 Å². The fourth-order valence-electron chi connectivity index (χ4n) is 3.29. The normalized spacial score (nSPS) is 10.7. The maximum absolute atomic E-state index is 13.0. The summed E-state index contributed by atoms with van der Waals surface area (Å²) in [4.78, 5) is 29.6. The first kappa shape index (κ1) is 21.5. The van der Waals surface area contributed by atoms with Gasteiger partial charge in [0.15, 0.2) is 0 Å². The number of nitrogens with one attached hydrogen (secondary N) is 1. The van der Waals surface area contributed by atoms with Crippen LogP contribution in [0, 0.1) is 0 Å². The number of esters is 1. The van der Waals surface area contributed by atoms with Gasteiger partial charge in [0.1, 0.15) is 10.6 Å². The van der Waals surface area contributed by atoms with Gasteiger partial charge in [-0.3, -0.25) is 9.78 Å². The fourth-order valence-corrected chi connectivity index (χ4v) is 4.24. The number of ether oxygens (including phenoxy) is 1. The average molecular weight is 443 g/mol. The molecule has 0 radical (unpaired) electrons. The van der Waals surface area contributed by atoms with E-state index in [1.54, 1.807) is 38.4 Å². The molecule has 0 saturated carbocycles. The molecule has 160 valence electrons. The van der Waals surface area contributed by atoms with Crippen molar-refractivity contribution in [3.63, 3.8) is 0 Å². The summed E-state index contributed by atoms with van der Waals surface area (Å²) in [5.41, 5.74) is 4.63. The van der Waals surface area contributed by atoms with E-state index in [4.69, 9.17) is 4.74 Å². The number of thiophene rings is 1. The van der Waals surface area contributed by atoms with E-state index in [0.29, 0.717) is 16.1 Å². The molecule has 0 aliphatic heterocycles. The number of carbonyl (C=O) groups is 2. The lowest BCUT2D eigenvalue weighted by Gasteiger charge is -2.12. The molecule has 2 heterocycles. The lowest BCUT2D eigenvalue weighted by Crippen LogP contribution is -2.16. The molecule has 0 saturated heterocycles. The lowest BCUT2D eigenvalue weighted by atomic mass is 9.99. The zero-order valence-electron chi connectivity index (χ0n) is 17.7. The Balaban J connectivity index is 1.69. The Labute approximate surface area is 190 Å². The van der Waals surface area contributed by atoms with Gasteiger partial charge in [0, 0.05) is 28.9 Å². The third kappa shape index (κ3) is 4.76. The highest BCUT2D eigenvalue weighted by Crippen LogP contribution is 2.37. The van der Waals surface area contributed by atoms with Crippen LogP contribution in [-0.2, 0) is 4.74 Å². The predicted octanol–water partition coefficient (Wildman–Crippen LogP) is 6.29. The van der Waals surface area contributed by atoms with Crippen molar-refractivity contribution in [3.8, 4) is 22.3 Å². The second-order valence-electron chi connectivity index (χ2n) is 7.44. The number of anilines is 1. The molecular formula is C26H22N2O3S. The first-order valence-corrected chi connectivity index (χ1v) is 11.1. The molecule has 5 nitrogen and oxygen atoms in total. The Kier molecular flexibility index (Phi) is 6.42. The quantitative estimate of drug-likeness (QED) is 0.356. The summed E-state index contributed by atoms with van der Waals surface area (Å²) >= 11 is 1.30. The standard InChI is InChI=1S/C26H22N2O3S/c1-17(2)31-26(30)23-22(16-32-25(23)28-24(29)21-12-14-27-15-13-21)20-10-8-19(9-11-20)18-6-4-3-5-7-18/h3-17H,1-2H3,(H,28,29). The summed E-state index contributed by atoms with van der Waals surface area (Å²) in [6.45, 7) is 3.60. The molecule has 6 heteroatoms. The molecule has 4 rings (SSSR count). The molecule has 0 bridgehead atoms. The molecule has 0 atom stereocenters. The number of rotatable bonds is 6. The van der Waals surface area contributed by atoms with Crippen LogP contribution in [0.4, 0.5) is 5.00 Å². The predicted molar refractivity (Wildman–Crippen MR) is 128 cm³/mol. The van der Waals surface area contributed by atoms with Crippen molar-refractivity contribution in [3.05, 3.63) is 95.6 Å². The van der Waals surface area contributed by atoms with Gasteiger partial charge in [-0.05, 0) is 42.7 Å². The maximum Gasteiger partial charge on any atom is 0.342 e. The van der Waals surface area contributed by atoms with E-state index in [-0.39, 0.29) is 12.0 Å². The number of amides is 1. The molecule has 4 aromatic rings. The Morgan fingerprint density at radius 1 is 0.875 bits per heavy atom. The lowest BCUT2D eigenvalue weighted by molar-refractivity contribution is 0.0380. The van der Waals surface area contributed by atoms with Crippen LogP contribution in [-0.4, -0.2) is 23.0 Å². The van der Waals surface area contributed by atoms with Crippen molar-refractivity contribution < 1.29 is 14.3 Å². The topological polar surface area (TPSA) is 68.3 Å². The highest BCUT2D eigenvalue weighted by atomic mass is 32.1. The Morgan fingerprint density at radius 3 is 2.16 bits per heavy atom. The monoisotopic (exact) mass is 442 g/mol. The zero-order chi connectivity index (χ0) is 22.5. The highest BCUT2D eigenvalue weighted by molar-refractivity contribution is 7.15. The third-order valence-corrected chi connectivity index (χ3v) is 5.71. The van der Waals surface area contributed by atoms with E-state index in [2.05, 4.69) is 22.4 Å². The minimum absolute atomic E-state index is 0.278. The summed E-state index contributed by atoms with van der Waals surface area (Å²) in [6, 6.07) is 21.3. The summed E-state index contributed by atoms with van der Waals surface area (Å²) in [6.07, 6.45) is 2.83. The van der Waals surface area contributed by atoms with Gasteiger partial charge < -0.3 is 10.1 Å². The molecule has 0 aliphatic rings. The van der Waals surface area contributed by atoms with Gasteiger partial charge in [-0.2, -0.15) is 0 Å². The van der Waals surface area contributed by atoms with E-state index in [9.17, 15) is 9.59 Å². The molecule has 0 fully saturated rings. The minimum atomic E-state index is -0.464. The van der Waals surface area contributed by atoms with E-state index < -0.39 is 5.97 Å². The molecule has 1 amide bonds. The number of nitrogens with zero attached hydrogens (tertiary/aromatic N) is 1. The largest absolute Gasteiger partial charge is 0.459 e. The van der Waals surface area contributed by atoms with Crippen LogP contribution in [0.25, 0.3) is 22.3 Å². The van der Waals surface area contributed by atoms with Gasteiger partial charge >= 0.3 is 5.97 Å². The van der Waals surface area contributed by atoms with E-state index in [0.717, 1.165) is 22.3 Å². The molecule has 32 heavy (non-hydrogen) atoms. The van der Waals surface area contributed by atoms with Crippen molar-refractivity contribution in [2.75, 3.05) is 5.32 Å². The van der Waals surface area contributed by atoms with Crippen LogP contribution in [0.5, 0.6) is 0 Å². The minimum Gasteiger partial charge on any atom is -0.459 e. The van der Waals surface area contributed by atoms with Crippen molar-refractivity contribution in [1.82, 2.24) is 4.98 Å². The van der Waals surface area contributed by atoms with E-state index in [1.807, 2.05) is 47.8 Å².